The van der Waals surface area contributed by atoms with Crippen LogP contribution in [0.1, 0.15) is 40.2 Å². The second-order valence-electron chi connectivity index (χ2n) is 10.7. The van der Waals surface area contributed by atoms with E-state index < -0.39 is 42.3 Å². The summed E-state index contributed by atoms with van der Waals surface area (Å²) >= 11 is 0. The van der Waals surface area contributed by atoms with Gasteiger partial charge in [-0.1, -0.05) is 48.5 Å². The molecule has 1 fully saturated rings. The molecule has 1 aliphatic heterocycles. The Morgan fingerprint density at radius 3 is 2.03 bits per heavy atom. The Kier molecular flexibility index (Phi) is 7.20. The molecule has 2 N–H and O–H groups in total. The first-order chi connectivity index (χ1) is 17.7. The lowest BCUT2D eigenvalue weighted by atomic mass is 9.98. The maximum atomic E-state index is 14.3. The fourth-order valence-corrected chi connectivity index (χ4v) is 8.46. The molecule has 38 heavy (non-hydrogen) atoms. The largest absolute Gasteiger partial charge is 0.334 e. The molecule has 1 aliphatic rings. The van der Waals surface area contributed by atoms with Crippen molar-refractivity contribution in [3.8, 4) is 11.1 Å². The van der Waals surface area contributed by atoms with Crippen LogP contribution in [0.2, 0.25) is 0 Å². The van der Waals surface area contributed by atoms with E-state index in [-0.39, 0.29) is 16.3 Å². The summed E-state index contributed by atoms with van der Waals surface area (Å²) in [4.78, 5) is 12.9. The van der Waals surface area contributed by atoms with Gasteiger partial charge in [0.05, 0.1) is 16.3 Å². The zero-order valence-corrected chi connectivity index (χ0v) is 23.7. The van der Waals surface area contributed by atoms with Crippen molar-refractivity contribution in [2.24, 2.45) is 0 Å². The molecule has 0 spiro atoms. The predicted molar refractivity (Wildman–Crippen MR) is 148 cm³/mol. The van der Waals surface area contributed by atoms with Gasteiger partial charge in [0.25, 0.3) is 0 Å². The van der Waals surface area contributed by atoms with Crippen molar-refractivity contribution in [2.75, 3.05) is 6.54 Å². The van der Waals surface area contributed by atoms with Crippen LogP contribution in [0.25, 0.3) is 11.1 Å². The molecule has 0 saturated carbocycles. The predicted octanol–water partition coefficient (Wildman–Crippen LogP) is 4.49. The van der Waals surface area contributed by atoms with E-state index in [0.29, 0.717) is 16.7 Å². The standard InChI is InChI=1S/C28H33N3O5S2/c1-20(2)31-26(32)29-19-28(31,37(33,34)24-14-7-6-8-15-24)23-13-9-11-21(17-23)22-12-10-16-25(18-22)38(35,36)30-27(3,4)5/h6-18,20,30H,19H2,1-5H3,(H,29,32). The van der Waals surface area contributed by atoms with Crippen molar-refractivity contribution in [3.63, 3.8) is 0 Å². The molecule has 3 aromatic rings. The van der Waals surface area contributed by atoms with Crippen LogP contribution in [0.4, 0.5) is 4.79 Å². The summed E-state index contributed by atoms with van der Waals surface area (Å²) in [6.07, 6.45) is 0. The van der Waals surface area contributed by atoms with E-state index in [1.807, 2.05) is 0 Å². The molecule has 1 unspecified atom stereocenters. The van der Waals surface area contributed by atoms with E-state index in [1.165, 1.54) is 23.1 Å². The highest BCUT2D eigenvalue weighted by atomic mass is 32.2. The van der Waals surface area contributed by atoms with Crippen LogP contribution < -0.4 is 10.0 Å². The molecule has 0 aliphatic carbocycles. The second kappa shape index (κ2) is 9.83. The number of hydrogen-bond donors (Lipinski definition) is 2. The van der Waals surface area contributed by atoms with Crippen molar-refractivity contribution < 1.29 is 21.6 Å². The number of hydrogen-bond acceptors (Lipinski definition) is 5. The number of urea groups is 1. The van der Waals surface area contributed by atoms with Gasteiger partial charge in [0.2, 0.25) is 19.9 Å². The molecule has 0 bridgehead atoms. The maximum absolute atomic E-state index is 14.3. The van der Waals surface area contributed by atoms with E-state index in [1.54, 1.807) is 95.3 Å². The molecule has 4 rings (SSSR count). The highest BCUT2D eigenvalue weighted by Crippen LogP contribution is 2.43. The number of nitrogens with one attached hydrogen (secondary N) is 2. The number of rotatable bonds is 7. The molecule has 10 heteroatoms. The summed E-state index contributed by atoms with van der Waals surface area (Å²) in [7, 11) is -7.88. The molecular weight excluding hydrogens is 522 g/mol. The lowest BCUT2D eigenvalue weighted by molar-refractivity contribution is 0.170. The van der Waals surface area contributed by atoms with Crippen LogP contribution >= 0.6 is 0 Å². The molecule has 1 saturated heterocycles. The molecule has 202 valence electrons. The Morgan fingerprint density at radius 1 is 0.842 bits per heavy atom. The number of carbonyl (C=O) groups is 1. The average molecular weight is 556 g/mol. The van der Waals surface area contributed by atoms with Crippen LogP contribution in [0.5, 0.6) is 0 Å². The summed E-state index contributed by atoms with van der Waals surface area (Å²) in [6, 6.07) is 20.6. The van der Waals surface area contributed by atoms with Crippen LogP contribution in [0, 0.1) is 0 Å². The van der Waals surface area contributed by atoms with E-state index in [0.717, 1.165) is 0 Å². The maximum Gasteiger partial charge on any atom is 0.319 e. The van der Waals surface area contributed by atoms with Gasteiger partial charge in [-0.15, -0.1) is 0 Å². The first-order valence-electron chi connectivity index (χ1n) is 12.3. The zero-order chi connectivity index (χ0) is 27.9. The first kappa shape index (κ1) is 27.8. The van der Waals surface area contributed by atoms with Crippen molar-refractivity contribution in [1.29, 1.82) is 0 Å². The highest BCUT2D eigenvalue weighted by Gasteiger charge is 2.58. The fraction of sp³-hybridized carbons (Fsp3) is 0.321. The number of sulfone groups is 1. The molecule has 0 radical (unpaired) electrons. The number of amides is 2. The van der Waals surface area contributed by atoms with Crippen LogP contribution in [-0.2, 0) is 24.7 Å². The third-order valence-corrected chi connectivity index (χ3v) is 10.4. The zero-order valence-electron chi connectivity index (χ0n) is 22.1. The van der Waals surface area contributed by atoms with Gasteiger partial charge in [-0.2, -0.15) is 0 Å². The molecular formula is C28H33N3O5S2. The molecule has 2 amide bonds. The van der Waals surface area contributed by atoms with Gasteiger partial charge >= 0.3 is 6.03 Å². The summed E-state index contributed by atoms with van der Waals surface area (Å²) in [6.45, 7) is 8.72. The van der Waals surface area contributed by atoms with Gasteiger partial charge in [-0.3, -0.25) is 4.90 Å². The molecule has 0 aromatic heterocycles. The minimum Gasteiger partial charge on any atom is -0.334 e. The van der Waals surface area contributed by atoms with Gasteiger partial charge in [0, 0.05) is 11.6 Å². The van der Waals surface area contributed by atoms with Crippen molar-refractivity contribution in [2.45, 2.75) is 60.9 Å². The van der Waals surface area contributed by atoms with E-state index >= 15 is 0 Å². The Balaban J connectivity index is 1.89. The molecule has 1 atom stereocenters. The third-order valence-electron chi connectivity index (χ3n) is 6.33. The number of benzene rings is 3. The number of sulfonamides is 1. The summed E-state index contributed by atoms with van der Waals surface area (Å²) in [5.74, 6) is 0. The SMILES string of the molecule is CC(C)N1C(=O)NCC1(c1cccc(-c2cccc(S(=O)(=O)NC(C)(C)C)c2)c1)S(=O)(=O)c1ccccc1. The Morgan fingerprint density at radius 2 is 1.42 bits per heavy atom. The summed E-state index contributed by atoms with van der Waals surface area (Å²) < 4.78 is 57.1. The monoisotopic (exact) mass is 555 g/mol. The molecule has 8 nitrogen and oxygen atoms in total. The van der Waals surface area contributed by atoms with Crippen LogP contribution in [0.15, 0.2) is 88.7 Å². The van der Waals surface area contributed by atoms with Gasteiger partial charge in [0.1, 0.15) is 0 Å². The lowest BCUT2D eigenvalue weighted by Crippen LogP contribution is -2.53. The topological polar surface area (TPSA) is 113 Å². The van der Waals surface area contributed by atoms with Gasteiger partial charge < -0.3 is 5.32 Å². The fourth-order valence-electron chi connectivity index (χ4n) is 4.84. The number of carbonyl (C=O) groups excluding carboxylic acids is 1. The third kappa shape index (κ3) is 4.95. The second-order valence-corrected chi connectivity index (χ2v) is 14.5. The lowest BCUT2D eigenvalue weighted by Gasteiger charge is -2.39. The van der Waals surface area contributed by atoms with E-state index in [9.17, 15) is 21.6 Å². The van der Waals surface area contributed by atoms with Crippen molar-refractivity contribution >= 4 is 25.9 Å². The van der Waals surface area contributed by atoms with Crippen LogP contribution in [-0.4, -0.2) is 45.9 Å². The Bertz CT molecular complexity index is 1560. The number of nitrogens with zero attached hydrogens (tertiary/aromatic N) is 1. The Labute approximate surface area is 225 Å². The molecule has 1 heterocycles. The average Bonchev–Trinajstić information content (AvgIpc) is 3.22. The van der Waals surface area contributed by atoms with E-state index in [2.05, 4.69) is 10.0 Å². The minimum absolute atomic E-state index is 0.100. The smallest absolute Gasteiger partial charge is 0.319 e. The van der Waals surface area contributed by atoms with Crippen molar-refractivity contribution in [3.05, 3.63) is 84.4 Å². The first-order valence-corrected chi connectivity index (χ1v) is 15.3. The van der Waals surface area contributed by atoms with Gasteiger partial charge in [-0.05, 0) is 81.6 Å². The summed E-state index contributed by atoms with van der Waals surface area (Å²) in [5.41, 5.74) is 0.979. The highest BCUT2D eigenvalue weighted by molar-refractivity contribution is 7.92. The Hall–Kier alpha value is -3.21. The van der Waals surface area contributed by atoms with E-state index in [4.69, 9.17) is 0 Å². The summed E-state index contributed by atoms with van der Waals surface area (Å²) in [5, 5.41) is 2.75. The quantitative estimate of drug-likeness (QED) is 0.446. The molecule has 3 aromatic carbocycles. The minimum atomic E-state index is -4.09. The van der Waals surface area contributed by atoms with Crippen molar-refractivity contribution in [1.82, 2.24) is 14.9 Å². The normalized spacial score (nSPS) is 18.6. The van der Waals surface area contributed by atoms with Crippen LogP contribution in [0.3, 0.4) is 0 Å². The van der Waals surface area contributed by atoms with Gasteiger partial charge in [0.15, 0.2) is 4.87 Å². The van der Waals surface area contributed by atoms with Gasteiger partial charge in [-0.25, -0.2) is 26.4 Å².